The van der Waals surface area contributed by atoms with Crippen molar-refractivity contribution in [1.29, 1.82) is 0 Å². The van der Waals surface area contributed by atoms with Gasteiger partial charge in [-0.2, -0.15) is 5.10 Å². The fourth-order valence-electron chi connectivity index (χ4n) is 2.24. The highest BCUT2D eigenvalue weighted by Gasteiger charge is 2.09. The number of carbonyl (C=O) groups excluding carboxylic acids is 1. The Hall–Kier alpha value is -3.29. The van der Waals surface area contributed by atoms with Crippen molar-refractivity contribution >= 4 is 5.91 Å². The summed E-state index contributed by atoms with van der Waals surface area (Å²) in [5.74, 6) is 0.932. The quantitative estimate of drug-likeness (QED) is 0.643. The van der Waals surface area contributed by atoms with E-state index in [1.807, 2.05) is 12.1 Å². The van der Waals surface area contributed by atoms with Crippen LogP contribution in [0.25, 0.3) is 11.4 Å². The van der Waals surface area contributed by atoms with Gasteiger partial charge in [0, 0.05) is 48.2 Å². The van der Waals surface area contributed by atoms with Crippen molar-refractivity contribution in [2.45, 2.75) is 13.3 Å². The van der Waals surface area contributed by atoms with Gasteiger partial charge >= 0.3 is 0 Å². The van der Waals surface area contributed by atoms with Gasteiger partial charge in [0.25, 0.3) is 5.91 Å². The van der Waals surface area contributed by atoms with Gasteiger partial charge in [-0.05, 0) is 25.1 Å². The van der Waals surface area contributed by atoms with E-state index < -0.39 is 0 Å². The van der Waals surface area contributed by atoms with E-state index in [1.54, 1.807) is 25.4 Å². The highest BCUT2D eigenvalue weighted by Crippen LogP contribution is 2.11. The molecule has 0 radical (unpaired) electrons. The Morgan fingerprint density at radius 3 is 2.96 bits per heavy atom. The van der Waals surface area contributed by atoms with E-state index in [0.29, 0.717) is 35.9 Å². The zero-order valence-corrected chi connectivity index (χ0v) is 13.0. The number of carbonyl (C=O) groups is 1. The predicted octanol–water partition coefficient (Wildman–Crippen LogP) is 0.836. The lowest BCUT2D eigenvalue weighted by Gasteiger charge is -2.04. The molecule has 0 aliphatic carbocycles. The molecule has 3 N–H and O–H groups in total. The fourth-order valence-corrected chi connectivity index (χ4v) is 2.24. The Kier molecular flexibility index (Phi) is 4.46. The van der Waals surface area contributed by atoms with Gasteiger partial charge in [0.05, 0.1) is 0 Å². The molecular formula is C16H16N6O2. The van der Waals surface area contributed by atoms with Gasteiger partial charge in [0.15, 0.2) is 5.82 Å². The molecule has 0 bridgehead atoms. The number of H-pyrrole nitrogens is 2. The van der Waals surface area contributed by atoms with Gasteiger partial charge in [0.2, 0.25) is 5.56 Å². The van der Waals surface area contributed by atoms with E-state index in [2.05, 4.69) is 30.5 Å². The Morgan fingerprint density at radius 2 is 2.21 bits per heavy atom. The van der Waals surface area contributed by atoms with Crippen LogP contribution in [0.1, 0.15) is 21.9 Å². The van der Waals surface area contributed by atoms with E-state index in [1.165, 1.54) is 6.07 Å². The molecule has 24 heavy (non-hydrogen) atoms. The highest BCUT2D eigenvalue weighted by molar-refractivity contribution is 5.94. The molecule has 8 heteroatoms. The second-order valence-electron chi connectivity index (χ2n) is 5.27. The van der Waals surface area contributed by atoms with Crippen molar-refractivity contribution < 1.29 is 4.79 Å². The average molecular weight is 324 g/mol. The topological polar surface area (TPSA) is 116 Å². The zero-order valence-electron chi connectivity index (χ0n) is 13.0. The third-order valence-corrected chi connectivity index (χ3v) is 3.34. The first-order valence-electron chi connectivity index (χ1n) is 7.42. The third-order valence-electron chi connectivity index (χ3n) is 3.34. The second kappa shape index (κ2) is 6.86. The molecule has 0 spiro atoms. The van der Waals surface area contributed by atoms with Crippen molar-refractivity contribution in [1.82, 2.24) is 30.5 Å². The summed E-state index contributed by atoms with van der Waals surface area (Å²) in [7, 11) is 0. The lowest BCUT2D eigenvalue weighted by molar-refractivity contribution is 0.0953. The lowest BCUT2D eigenvalue weighted by atomic mass is 10.2. The molecule has 8 nitrogen and oxygen atoms in total. The van der Waals surface area contributed by atoms with E-state index in [4.69, 9.17) is 0 Å². The van der Waals surface area contributed by atoms with Crippen LogP contribution in [0.15, 0.2) is 41.5 Å². The molecule has 0 saturated heterocycles. The van der Waals surface area contributed by atoms with Crippen molar-refractivity contribution in [3.05, 3.63) is 64.1 Å². The van der Waals surface area contributed by atoms with Crippen LogP contribution in [0.2, 0.25) is 0 Å². The molecule has 1 amide bonds. The summed E-state index contributed by atoms with van der Waals surface area (Å²) in [5.41, 5.74) is 1.51. The highest BCUT2D eigenvalue weighted by atomic mass is 16.2. The second-order valence-corrected chi connectivity index (χ2v) is 5.27. The molecular weight excluding hydrogens is 308 g/mol. The third kappa shape index (κ3) is 3.72. The molecule has 0 fully saturated rings. The Morgan fingerprint density at radius 1 is 1.33 bits per heavy atom. The molecule has 0 saturated carbocycles. The number of nitrogens with one attached hydrogen (secondary N) is 3. The molecule has 3 heterocycles. The lowest BCUT2D eigenvalue weighted by Crippen LogP contribution is -2.27. The van der Waals surface area contributed by atoms with Gasteiger partial charge in [-0.3, -0.25) is 19.7 Å². The number of hydrogen-bond acceptors (Lipinski definition) is 5. The van der Waals surface area contributed by atoms with Gasteiger partial charge < -0.3 is 10.3 Å². The Balaban J connectivity index is 1.58. The smallest absolute Gasteiger partial charge is 0.251 e. The van der Waals surface area contributed by atoms with Crippen LogP contribution < -0.4 is 10.9 Å². The molecule has 0 unspecified atom stereocenters. The zero-order chi connectivity index (χ0) is 16.9. The molecule has 0 aliphatic rings. The first-order valence-corrected chi connectivity index (χ1v) is 7.42. The van der Waals surface area contributed by atoms with Crippen LogP contribution in [0, 0.1) is 6.92 Å². The summed E-state index contributed by atoms with van der Waals surface area (Å²) in [5, 5.41) is 9.73. The summed E-state index contributed by atoms with van der Waals surface area (Å²) in [6.07, 6.45) is 3.87. The summed E-state index contributed by atoms with van der Waals surface area (Å²) in [6, 6.07) is 6.59. The SMILES string of the molecule is Cc1cc(C(=O)NCCc2nc(-c3cccnc3)n[nH]2)cc(=O)[nH]1. The van der Waals surface area contributed by atoms with Crippen LogP contribution in [0.4, 0.5) is 0 Å². The predicted molar refractivity (Wildman–Crippen MR) is 87.5 cm³/mol. The number of nitrogens with zero attached hydrogens (tertiary/aromatic N) is 3. The van der Waals surface area contributed by atoms with Crippen molar-refractivity contribution in [3.8, 4) is 11.4 Å². The van der Waals surface area contributed by atoms with Crippen molar-refractivity contribution in [2.24, 2.45) is 0 Å². The van der Waals surface area contributed by atoms with E-state index in [9.17, 15) is 9.59 Å². The van der Waals surface area contributed by atoms with Gasteiger partial charge in [-0.25, -0.2) is 4.98 Å². The first kappa shape index (κ1) is 15.6. The number of amides is 1. The van der Waals surface area contributed by atoms with Crippen LogP contribution in [-0.4, -0.2) is 37.6 Å². The molecule has 3 aromatic heterocycles. The number of aromatic amines is 2. The molecule has 0 aromatic carbocycles. The van der Waals surface area contributed by atoms with Gasteiger partial charge in [-0.15, -0.1) is 0 Å². The standard InChI is InChI=1S/C16H16N6O2/c1-10-7-12(8-14(23)19-10)16(24)18-6-4-13-20-15(22-21-13)11-3-2-5-17-9-11/h2-3,5,7-9H,4,6H2,1H3,(H,18,24)(H,19,23)(H,20,21,22). The van der Waals surface area contributed by atoms with Gasteiger partial charge in [-0.1, -0.05) is 0 Å². The van der Waals surface area contributed by atoms with Gasteiger partial charge in [0.1, 0.15) is 5.82 Å². The minimum atomic E-state index is -0.295. The first-order chi connectivity index (χ1) is 11.6. The molecule has 3 aromatic rings. The minimum absolute atomic E-state index is 0.295. The summed E-state index contributed by atoms with van der Waals surface area (Å²) in [4.78, 5) is 34.4. The minimum Gasteiger partial charge on any atom is -0.352 e. The number of pyridine rings is 2. The van der Waals surface area contributed by atoms with Crippen LogP contribution >= 0.6 is 0 Å². The van der Waals surface area contributed by atoms with E-state index in [-0.39, 0.29) is 11.5 Å². The van der Waals surface area contributed by atoms with Crippen LogP contribution in [0.3, 0.4) is 0 Å². The Bertz CT molecular complexity index is 900. The number of aromatic nitrogens is 5. The largest absolute Gasteiger partial charge is 0.352 e. The molecule has 3 rings (SSSR count). The fraction of sp³-hybridized carbons (Fsp3) is 0.188. The maximum atomic E-state index is 12.0. The normalized spacial score (nSPS) is 10.5. The van der Waals surface area contributed by atoms with Crippen LogP contribution in [-0.2, 0) is 6.42 Å². The average Bonchev–Trinajstić information content (AvgIpc) is 3.03. The summed E-state index contributed by atoms with van der Waals surface area (Å²) in [6.45, 7) is 2.11. The van der Waals surface area contributed by atoms with Crippen LogP contribution in [0.5, 0.6) is 0 Å². The van der Waals surface area contributed by atoms with E-state index in [0.717, 1.165) is 5.56 Å². The molecule has 122 valence electrons. The number of rotatable bonds is 5. The molecule has 0 aliphatic heterocycles. The Labute approximate surface area is 137 Å². The summed E-state index contributed by atoms with van der Waals surface area (Å²) < 4.78 is 0. The summed E-state index contributed by atoms with van der Waals surface area (Å²) >= 11 is 0. The monoisotopic (exact) mass is 324 g/mol. The van der Waals surface area contributed by atoms with Crippen molar-refractivity contribution in [3.63, 3.8) is 0 Å². The van der Waals surface area contributed by atoms with E-state index >= 15 is 0 Å². The van der Waals surface area contributed by atoms with Crippen molar-refractivity contribution in [2.75, 3.05) is 6.54 Å². The maximum absolute atomic E-state index is 12.0. The number of aryl methyl sites for hydroxylation is 1. The number of hydrogen-bond donors (Lipinski definition) is 3. The molecule has 0 atom stereocenters. The maximum Gasteiger partial charge on any atom is 0.251 e.